The highest BCUT2D eigenvalue weighted by Crippen LogP contribution is 2.35. The lowest BCUT2D eigenvalue weighted by Crippen LogP contribution is -2.20. The lowest BCUT2D eigenvalue weighted by molar-refractivity contribution is 0.0965. The molecule has 1 amide bonds. The molecule has 0 radical (unpaired) electrons. The van der Waals surface area contributed by atoms with Gasteiger partial charge in [-0.05, 0) is 0 Å². The molecule has 4 N–H and O–H groups in total. The van der Waals surface area contributed by atoms with Crippen LogP contribution < -0.4 is 16.4 Å². The second kappa shape index (κ2) is 6.03. The largest absolute Gasteiger partial charge is 0.396 e. The van der Waals surface area contributed by atoms with Crippen LogP contribution >= 0.6 is 11.3 Å². The number of anilines is 2. The highest BCUT2D eigenvalue weighted by molar-refractivity contribution is 7.17. The summed E-state index contributed by atoms with van der Waals surface area (Å²) in [5.41, 5.74) is 6.29. The fourth-order valence-corrected chi connectivity index (χ4v) is 2.53. The van der Waals surface area contributed by atoms with Gasteiger partial charge in [-0.15, -0.1) is 11.3 Å². The molecule has 0 saturated carbocycles. The predicted octanol–water partition coefficient (Wildman–Crippen LogP) is 0.599. The summed E-state index contributed by atoms with van der Waals surface area (Å²) in [6.45, 7) is 0.483. The third kappa shape index (κ3) is 2.70. The highest BCUT2D eigenvalue weighted by Gasteiger charge is 2.21. The van der Waals surface area contributed by atoms with Crippen LogP contribution in [0.25, 0.3) is 0 Å². The van der Waals surface area contributed by atoms with E-state index >= 15 is 0 Å². The van der Waals surface area contributed by atoms with E-state index in [0.717, 1.165) is 11.3 Å². The number of hydrogen-bond acceptors (Lipinski definition) is 8. The summed E-state index contributed by atoms with van der Waals surface area (Å²) in [5, 5.41) is 18.6. The number of hydrogen-bond donors (Lipinski definition) is 3. The third-order valence-electron chi connectivity index (χ3n) is 2.53. The average Bonchev–Trinajstić information content (AvgIpc) is 3.06. The van der Waals surface area contributed by atoms with Crippen molar-refractivity contribution in [1.29, 1.82) is 5.26 Å². The van der Waals surface area contributed by atoms with E-state index in [1.165, 1.54) is 13.4 Å². The summed E-state index contributed by atoms with van der Waals surface area (Å²) >= 11 is 1.14. The molecule has 0 atom stereocenters. The highest BCUT2D eigenvalue weighted by atomic mass is 32.1. The molecule has 0 aliphatic rings. The Balaban J connectivity index is 2.14. The summed E-state index contributed by atoms with van der Waals surface area (Å²) in [7, 11) is 1.51. The summed E-state index contributed by atoms with van der Waals surface area (Å²) in [6.07, 6.45) is 1.83. The quantitative estimate of drug-likeness (QED) is 0.735. The Morgan fingerprint density at radius 1 is 1.65 bits per heavy atom. The normalized spacial score (nSPS) is 10.0. The number of nitrogens with zero attached hydrogens (tertiary/aromatic N) is 3. The van der Waals surface area contributed by atoms with Gasteiger partial charge in [-0.25, -0.2) is 0 Å². The number of carbonyl (C=O) groups is 1. The molecule has 9 heteroatoms. The van der Waals surface area contributed by atoms with Crippen LogP contribution in [0.1, 0.15) is 21.1 Å². The number of nitrogens with two attached hydrogens (primary N) is 1. The minimum absolute atomic E-state index is 0.192. The van der Waals surface area contributed by atoms with Gasteiger partial charge in [-0.2, -0.15) is 10.2 Å². The number of amides is 1. The van der Waals surface area contributed by atoms with Crippen molar-refractivity contribution in [3.8, 4) is 6.07 Å². The van der Waals surface area contributed by atoms with Gasteiger partial charge in [0.05, 0.1) is 11.3 Å². The Labute approximate surface area is 118 Å². The van der Waals surface area contributed by atoms with Crippen LogP contribution in [0, 0.1) is 11.3 Å². The molecule has 0 aliphatic carbocycles. The fourth-order valence-electron chi connectivity index (χ4n) is 1.59. The maximum Gasteiger partial charge on any atom is 0.256 e. The van der Waals surface area contributed by atoms with Gasteiger partial charge >= 0.3 is 0 Å². The number of nitrogen functional groups attached to an aromatic ring is 1. The molecule has 0 unspecified atom stereocenters. The number of aromatic nitrogens is 2. The SMILES string of the molecule is CNC(=O)c1c(NCCc2ncno2)sc(C#N)c1N. The summed E-state index contributed by atoms with van der Waals surface area (Å²) in [5.74, 6) is 0.157. The number of carbonyl (C=O) groups excluding carboxylic acids is 1. The van der Waals surface area contributed by atoms with Crippen LogP contribution in [0.5, 0.6) is 0 Å². The number of nitrogens with one attached hydrogen (secondary N) is 2. The third-order valence-corrected chi connectivity index (χ3v) is 3.60. The van der Waals surface area contributed by atoms with E-state index in [-0.39, 0.29) is 11.6 Å². The van der Waals surface area contributed by atoms with E-state index in [2.05, 4.69) is 20.8 Å². The maximum absolute atomic E-state index is 11.8. The van der Waals surface area contributed by atoms with Crippen molar-refractivity contribution in [3.63, 3.8) is 0 Å². The molecule has 0 fully saturated rings. The van der Waals surface area contributed by atoms with Crippen LogP contribution in [0.4, 0.5) is 10.7 Å². The van der Waals surface area contributed by atoms with E-state index < -0.39 is 0 Å². The topological polar surface area (TPSA) is 130 Å². The lowest BCUT2D eigenvalue weighted by atomic mass is 10.2. The maximum atomic E-state index is 11.8. The Bertz CT molecular complexity index is 643. The van der Waals surface area contributed by atoms with Gasteiger partial charge in [0.2, 0.25) is 5.89 Å². The molecular weight excluding hydrogens is 280 g/mol. The minimum Gasteiger partial charge on any atom is -0.396 e. The van der Waals surface area contributed by atoms with E-state index in [1.54, 1.807) is 0 Å². The average molecular weight is 292 g/mol. The molecule has 20 heavy (non-hydrogen) atoms. The first-order valence-electron chi connectivity index (χ1n) is 5.71. The molecular formula is C11H12N6O2S. The van der Waals surface area contributed by atoms with Gasteiger partial charge in [0.1, 0.15) is 15.9 Å². The van der Waals surface area contributed by atoms with Crippen molar-refractivity contribution in [1.82, 2.24) is 15.5 Å². The van der Waals surface area contributed by atoms with Crippen LogP contribution in [0.2, 0.25) is 0 Å². The van der Waals surface area contributed by atoms with Gasteiger partial charge in [-0.1, -0.05) is 5.16 Å². The summed E-state index contributed by atoms with van der Waals surface area (Å²) in [4.78, 5) is 16.0. The standard InChI is InChI=1S/C11H12N6O2S/c1-14-10(18)8-9(13)6(4-12)20-11(8)15-3-2-7-16-5-17-19-7/h5,15H,2-3,13H2,1H3,(H,14,18). The Morgan fingerprint density at radius 3 is 3.05 bits per heavy atom. The monoisotopic (exact) mass is 292 g/mol. The van der Waals surface area contributed by atoms with Crippen molar-refractivity contribution < 1.29 is 9.32 Å². The van der Waals surface area contributed by atoms with Gasteiger partial charge in [0.15, 0.2) is 6.33 Å². The Morgan fingerprint density at radius 2 is 2.45 bits per heavy atom. The summed E-state index contributed by atoms with van der Waals surface area (Å²) < 4.78 is 4.87. The van der Waals surface area contributed by atoms with Crippen molar-refractivity contribution >= 4 is 27.9 Å². The number of thiophene rings is 1. The zero-order valence-electron chi connectivity index (χ0n) is 10.6. The smallest absolute Gasteiger partial charge is 0.256 e. The lowest BCUT2D eigenvalue weighted by Gasteiger charge is -2.05. The van der Waals surface area contributed by atoms with Gasteiger partial charge in [-0.3, -0.25) is 4.79 Å². The fraction of sp³-hybridized carbons (Fsp3) is 0.273. The first-order chi connectivity index (χ1) is 9.67. The van der Waals surface area contributed by atoms with Crippen LogP contribution in [0.3, 0.4) is 0 Å². The molecule has 0 spiro atoms. The van der Waals surface area contributed by atoms with E-state index in [4.69, 9.17) is 15.5 Å². The summed E-state index contributed by atoms with van der Waals surface area (Å²) in [6, 6.07) is 1.97. The molecule has 2 rings (SSSR count). The van der Waals surface area contributed by atoms with Crippen molar-refractivity contribution in [2.45, 2.75) is 6.42 Å². The molecule has 0 aromatic carbocycles. The molecule has 2 heterocycles. The minimum atomic E-state index is -0.333. The Hall–Kier alpha value is -2.60. The van der Waals surface area contributed by atoms with Crippen molar-refractivity contribution in [3.05, 3.63) is 22.7 Å². The predicted molar refractivity (Wildman–Crippen MR) is 73.3 cm³/mol. The molecule has 104 valence electrons. The molecule has 2 aromatic rings. The number of nitriles is 1. The van der Waals surface area contributed by atoms with Crippen LogP contribution in [-0.4, -0.2) is 29.6 Å². The second-order valence-corrected chi connectivity index (χ2v) is 4.77. The number of rotatable bonds is 5. The van der Waals surface area contributed by atoms with Crippen LogP contribution in [0.15, 0.2) is 10.9 Å². The van der Waals surface area contributed by atoms with Gasteiger partial charge < -0.3 is 20.9 Å². The zero-order chi connectivity index (χ0) is 14.5. The molecule has 2 aromatic heterocycles. The van der Waals surface area contributed by atoms with Crippen LogP contribution in [-0.2, 0) is 6.42 Å². The van der Waals surface area contributed by atoms with Gasteiger partial charge in [0.25, 0.3) is 5.91 Å². The molecule has 0 bridgehead atoms. The zero-order valence-corrected chi connectivity index (χ0v) is 11.5. The van der Waals surface area contributed by atoms with E-state index in [9.17, 15) is 4.79 Å². The van der Waals surface area contributed by atoms with E-state index in [1.807, 2.05) is 6.07 Å². The molecule has 0 saturated heterocycles. The molecule has 0 aliphatic heterocycles. The van der Waals surface area contributed by atoms with Gasteiger partial charge in [0, 0.05) is 20.0 Å². The first kappa shape index (κ1) is 13.8. The molecule has 8 nitrogen and oxygen atoms in total. The second-order valence-electron chi connectivity index (χ2n) is 3.75. The Kier molecular flexibility index (Phi) is 4.17. The first-order valence-corrected chi connectivity index (χ1v) is 6.52. The van der Waals surface area contributed by atoms with E-state index in [0.29, 0.717) is 34.3 Å². The van der Waals surface area contributed by atoms with Crippen molar-refractivity contribution in [2.24, 2.45) is 0 Å². The van der Waals surface area contributed by atoms with Crippen molar-refractivity contribution in [2.75, 3.05) is 24.6 Å².